The van der Waals surface area contributed by atoms with Gasteiger partial charge in [-0.2, -0.15) is 0 Å². The first kappa shape index (κ1) is 19.3. The Bertz CT molecular complexity index is 996. The number of thiazole rings is 1. The summed E-state index contributed by atoms with van der Waals surface area (Å²) in [5, 5.41) is 4.68. The van der Waals surface area contributed by atoms with E-state index in [4.69, 9.17) is 0 Å². The summed E-state index contributed by atoms with van der Waals surface area (Å²) in [5.41, 5.74) is 0.557. The van der Waals surface area contributed by atoms with Crippen LogP contribution in [0.2, 0.25) is 0 Å². The molecule has 0 unspecified atom stereocenters. The van der Waals surface area contributed by atoms with Crippen LogP contribution in [-0.2, 0) is 11.2 Å². The van der Waals surface area contributed by atoms with Crippen LogP contribution in [0.25, 0.3) is 0 Å². The summed E-state index contributed by atoms with van der Waals surface area (Å²) in [6.07, 6.45) is 7.50. The van der Waals surface area contributed by atoms with Gasteiger partial charge in [0.15, 0.2) is 5.13 Å². The van der Waals surface area contributed by atoms with E-state index in [-0.39, 0.29) is 17.9 Å². The average molecular weight is 413 g/mol. The van der Waals surface area contributed by atoms with Crippen molar-refractivity contribution in [2.24, 2.45) is 0 Å². The van der Waals surface area contributed by atoms with Gasteiger partial charge in [-0.1, -0.05) is 12.1 Å². The van der Waals surface area contributed by atoms with Crippen molar-refractivity contribution in [3.63, 3.8) is 0 Å². The van der Waals surface area contributed by atoms with Crippen LogP contribution in [0.1, 0.15) is 34.9 Å². The van der Waals surface area contributed by atoms with Gasteiger partial charge in [-0.3, -0.25) is 14.9 Å². The molecule has 7 nitrogen and oxygen atoms in total. The Kier molecular flexibility index (Phi) is 5.66. The Morgan fingerprint density at radius 1 is 1.24 bits per heavy atom. The molecule has 0 atom stereocenters. The van der Waals surface area contributed by atoms with Gasteiger partial charge in [0.05, 0.1) is 24.0 Å². The molecular formula is C20H20FN5O2S. The summed E-state index contributed by atoms with van der Waals surface area (Å²) in [6.45, 7) is 1.39. The molecule has 3 heterocycles. The summed E-state index contributed by atoms with van der Waals surface area (Å²) < 4.78 is 15.8. The molecule has 3 aromatic rings. The zero-order valence-corrected chi connectivity index (χ0v) is 16.4. The van der Waals surface area contributed by atoms with Gasteiger partial charge >= 0.3 is 0 Å². The Labute approximate surface area is 171 Å². The monoisotopic (exact) mass is 413 g/mol. The minimum absolute atomic E-state index is 0.0198. The molecule has 0 saturated carbocycles. The molecule has 29 heavy (non-hydrogen) atoms. The molecule has 0 radical (unpaired) electrons. The van der Waals surface area contributed by atoms with Gasteiger partial charge in [-0.25, -0.2) is 14.4 Å². The van der Waals surface area contributed by atoms with Crippen molar-refractivity contribution in [2.75, 3.05) is 18.4 Å². The predicted molar refractivity (Wildman–Crippen MR) is 107 cm³/mol. The van der Waals surface area contributed by atoms with E-state index in [2.05, 4.69) is 19.9 Å². The third-order valence-corrected chi connectivity index (χ3v) is 5.79. The highest BCUT2D eigenvalue weighted by Crippen LogP contribution is 2.23. The molecule has 2 amide bonds. The molecule has 1 fully saturated rings. The van der Waals surface area contributed by atoms with E-state index in [0.717, 1.165) is 12.8 Å². The van der Waals surface area contributed by atoms with Gasteiger partial charge in [-0.05, 0) is 25.0 Å². The van der Waals surface area contributed by atoms with E-state index in [0.29, 0.717) is 30.0 Å². The normalized spacial score (nSPS) is 14.7. The molecule has 150 valence electrons. The maximum atomic E-state index is 13.7. The van der Waals surface area contributed by atoms with Crippen LogP contribution >= 0.6 is 11.3 Å². The van der Waals surface area contributed by atoms with Crippen molar-refractivity contribution in [3.05, 3.63) is 65.4 Å². The number of anilines is 1. The molecule has 0 aliphatic carbocycles. The Morgan fingerprint density at radius 2 is 2.03 bits per heavy atom. The minimum Gasteiger partial charge on any atom is -0.342 e. The molecule has 2 aromatic heterocycles. The molecule has 4 rings (SSSR count). The van der Waals surface area contributed by atoms with Crippen LogP contribution in [0.5, 0.6) is 0 Å². The van der Waals surface area contributed by atoms with Crippen LogP contribution in [0.3, 0.4) is 0 Å². The van der Waals surface area contributed by atoms with Gasteiger partial charge in [0.2, 0.25) is 5.91 Å². The van der Waals surface area contributed by atoms with Crippen LogP contribution in [0, 0.1) is 5.82 Å². The molecule has 1 aliphatic heterocycles. The van der Waals surface area contributed by atoms with Crippen molar-refractivity contribution in [1.29, 1.82) is 0 Å². The lowest BCUT2D eigenvalue weighted by Gasteiger charge is -2.32. The second-order valence-electron chi connectivity index (χ2n) is 6.88. The van der Waals surface area contributed by atoms with Crippen molar-refractivity contribution in [3.8, 4) is 0 Å². The number of nitrogens with zero attached hydrogens (tertiary/aromatic N) is 4. The van der Waals surface area contributed by atoms with E-state index >= 15 is 0 Å². The number of aromatic nitrogens is 3. The smallest absolute Gasteiger partial charge is 0.260 e. The number of likely N-dealkylation sites (tertiary alicyclic amines) is 1. The standard InChI is InChI=1S/C20H20FN5O2S/c21-17-4-2-1-3-16(17)19(28)24-20-23-14(12-29-20)11-18(27)25-8-5-15(6-9-25)26-10-7-22-13-26/h1-4,7,10,12-13,15H,5-6,8-9,11H2,(H,23,24,28). The summed E-state index contributed by atoms with van der Waals surface area (Å²) in [6, 6.07) is 6.14. The predicted octanol–water partition coefficient (Wildman–Crippen LogP) is 3.14. The highest BCUT2D eigenvalue weighted by molar-refractivity contribution is 7.14. The number of halogens is 1. The van der Waals surface area contributed by atoms with E-state index in [1.54, 1.807) is 17.6 Å². The van der Waals surface area contributed by atoms with Crippen molar-refractivity contribution >= 4 is 28.3 Å². The molecule has 1 N–H and O–H groups in total. The number of amides is 2. The molecule has 1 saturated heterocycles. The number of hydrogen-bond donors (Lipinski definition) is 1. The van der Waals surface area contributed by atoms with Gasteiger partial charge in [0.25, 0.3) is 5.91 Å². The quantitative estimate of drug-likeness (QED) is 0.697. The number of imidazole rings is 1. The second-order valence-corrected chi connectivity index (χ2v) is 7.73. The zero-order valence-electron chi connectivity index (χ0n) is 15.6. The molecule has 9 heteroatoms. The third-order valence-electron chi connectivity index (χ3n) is 4.99. The molecule has 0 spiro atoms. The van der Waals surface area contributed by atoms with Gasteiger partial charge < -0.3 is 9.47 Å². The second kappa shape index (κ2) is 8.52. The topological polar surface area (TPSA) is 80.1 Å². The molecule has 1 aromatic carbocycles. The van der Waals surface area contributed by atoms with Crippen molar-refractivity contribution in [1.82, 2.24) is 19.4 Å². The first-order chi connectivity index (χ1) is 14.1. The lowest BCUT2D eigenvalue weighted by molar-refractivity contribution is -0.131. The number of carbonyl (C=O) groups excluding carboxylic acids is 2. The first-order valence-electron chi connectivity index (χ1n) is 9.35. The fourth-order valence-electron chi connectivity index (χ4n) is 3.42. The number of benzene rings is 1. The molecular weight excluding hydrogens is 393 g/mol. The Morgan fingerprint density at radius 3 is 2.76 bits per heavy atom. The Hall–Kier alpha value is -3.07. The summed E-state index contributed by atoms with van der Waals surface area (Å²) in [4.78, 5) is 35.0. The fraction of sp³-hybridized carbons (Fsp3) is 0.300. The summed E-state index contributed by atoms with van der Waals surface area (Å²) in [5.74, 6) is -1.13. The maximum absolute atomic E-state index is 13.7. The zero-order chi connectivity index (χ0) is 20.2. The van der Waals surface area contributed by atoms with Crippen molar-refractivity contribution < 1.29 is 14.0 Å². The van der Waals surface area contributed by atoms with E-state index < -0.39 is 11.7 Å². The number of rotatable bonds is 5. The first-order valence-corrected chi connectivity index (χ1v) is 10.2. The number of nitrogens with one attached hydrogen (secondary N) is 1. The lowest BCUT2D eigenvalue weighted by Crippen LogP contribution is -2.39. The highest BCUT2D eigenvalue weighted by atomic mass is 32.1. The van der Waals surface area contributed by atoms with Crippen molar-refractivity contribution in [2.45, 2.75) is 25.3 Å². The van der Waals surface area contributed by atoms with Gasteiger partial charge in [-0.15, -0.1) is 11.3 Å². The number of hydrogen-bond acceptors (Lipinski definition) is 5. The summed E-state index contributed by atoms with van der Waals surface area (Å²) in [7, 11) is 0. The largest absolute Gasteiger partial charge is 0.342 e. The molecule has 1 aliphatic rings. The SMILES string of the molecule is O=C(Nc1nc(CC(=O)N2CCC(n3ccnc3)CC2)cs1)c1ccccc1F. The fourth-order valence-corrected chi connectivity index (χ4v) is 4.13. The van der Waals surface area contributed by atoms with Crippen LogP contribution in [0.15, 0.2) is 48.4 Å². The van der Waals surface area contributed by atoms with E-state index in [1.807, 2.05) is 17.4 Å². The van der Waals surface area contributed by atoms with Gasteiger partial charge in [0, 0.05) is 36.9 Å². The number of carbonyl (C=O) groups is 2. The Balaban J connectivity index is 1.30. The minimum atomic E-state index is -0.587. The third kappa shape index (κ3) is 4.51. The molecule has 0 bridgehead atoms. The number of piperidine rings is 1. The highest BCUT2D eigenvalue weighted by Gasteiger charge is 2.24. The van der Waals surface area contributed by atoms with Crippen LogP contribution < -0.4 is 5.32 Å². The average Bonchev–Trinajstić information content (AvgIpc) is 3.41. The van der Waals surface area contributed by atoms with E-state index in [9.17, 15) is 14.0 Å². The van der Waals surface area contributed by atoms with Crippen LogP contribution in [0.4, 0.5) is 9.52 Å². The van der Waals surface area contributed by atoms with Crippen LogP contribution in [-0.4, -0.2) is 44.3 Å². The maximum Gasteiger partial charge on any atom is 0.260 e. The lowest BCUT2D eigenvalue weighted by atomic mass is 10.0. The summed E-state index contributed by atoms with van der Waals surface area (Å²) >= 11 is 1.22. The van der Waals surface area contributed by atoms with Gasteiger partial charge in [0.1, 0.15) is 5.82 Å². The van der Waals surface area contributed by atoms with E-state index in [1.165, 1.54) is 29.5 Å².